The molecule has 4 nitrogen and oxygen atoms in total. The van der Waals surface area contributed by atoms with Crippen molar-refractivity contribution in [3.63, 3.8) is 0 Å². The molecule has 5 heteroatoms. The number of aliphatic carboxylic acids is 2. The monoisotopic (exact) mass is 256 g/mol. The van der Waals surface area contributed by atoms with Gasteiger partial charge < -0.3 is 10.2 Å². The number of carboxylic acid groups (broad SMARTS) is 2. The maximum atomic E-state index is 9.64. The second-order valence-corrected chi connectivity index (χ2v) is 1.29. The molecule has 0 amide bonds. The number of carbonyl (C=O) groups is 2. The van der Waals surface area contributed by atoms with Crippen LogP contribution < -0.4 is 0 Å². The molecule has 2 N–H and O–H groups in total. The Hall–Kier alpha value is 0.511. The van der Waals surface area contributed by atoms with Gasteiger partial charge in [0.05, 0.1) is 12.8 Å². The second kappa shape index (κ2) is 6.63. The Kier molecular flexibility index (Phi) is 9.00. The Morgan fingerprint density at radius 3 is 1.33 bits per heavy atom. The summed E-state index contributed by atoms with van der Waals surface area (Å²) in [5.41, 5.74) is 0. The summed E-state index contributed by atoms with van der Waals surface area (Å²) in [7, 11) is 0. The molecule has 0 saturated heterocycles. The summed E-state index contributed by atoms with van der Waals surface area (Å²) >= 11 is 0. The van der Waals surface area contributed by atoms with Crippen molar-refractivity contribution in [1.82, 2.24) is 0 Å². The molecule has 0 heterocycles. The molecule has 48 valence electrons. The van der Waals surface area contributed by atoms with Crippen LogP contribution in [0.15, 0.2) is 0 Å². The third kappa shape index (κ3) is 11.9. The first-order valence-corrected chi connectivity index (χ1v) is 2.06. The van der Waals surface area contributed by atoms with Crippen molar-refractivity contribution >= 4 is 60.8 Å². The first-order chi connectivity index (χ1) is 3.63. The summed E-state index contributed by atoms with van der Waals surface area (Å²) in [4.78, 5) is 19.3. The molecule has 0 bridgehead atoms. The molecule has 9 heavy (non-hydrogen) atoms. The van der Waals surface area contributed by atoms with Crippen LogP contribution in [0, 0.1) is 0 Å². The molecule has 0 aromatic carbocycles. The van der Waals surface area contributed by atoms with Gasteiger partial charge in [0.1, 0.15) is 0 Å². The van der Waals surface area contributed by atoms with Crippen molar-refractivity contribution in [2.45, 2.75) is 12.8 Å². The Balaban J connectivity index is 0. The predicted molar refractivity (Wildman–Crippen MR) is 30.3 cm³/mol. The summed E-state index contributed by atoms with van der Waals surface area (Å²) in [6, 6.07) is 0. The largest absolute Gasteiger partial charge is 0.481 e. The Labute approximate surface area is 92.3 Å². The normalized spacial score (nSPS) is 7.56. The van der Waals surface area contributed by atoms with Crippen molar-refractivity contribution in [1.29, 1.82) is 0 Å². The molecular weight excluding hydrogens is 249 g/mol. The molecule has 0 saturated carbocycles. The van der Waals surface area contributed by atoms with E-state index in [1.54, 1.807) is 0 Å². The van der Waals surface area contributed by atoms with Gasteiger partial charge in [0.15, 0.2) is 0 Å². The average Bonchev–Trinajstić information content (AvgIpc) is 1.61. The number of rotatable bonds is 3. The van der Waals surface area contributed by atoms with Crippen LogP contribution in [-0.4, -0.2) is 71.0 Å². The van der Waals surface area contributed by atoms with Gasteiger partial charge in [-0.25, -0.2) is 0 Å². The maximum absolute atomic E-state index is 9.64. The SMILES string of the molecule is O=C(O)CCC(=O)O.[Ba]. The fraction of sp³-hybridized carbons (Fsp3) is 0.500. The maximum Gasteiger partial charge on any atom is 0.303 e. The second-order valence-electron chi connectivity index (χ2n) is 1.29. The van der Waals surface area contributed by atoms with Crippen LogP contribution >= 0.6 is 0 Å². The van der Waals surface area contributed by atoms with Crippen LogP contribution in [0.25, 0.3) is 0 Å². The van der Waals surface area contributed by atoms with E-state index in [0.29, 0.717) is 0 Å². The van der Waals surface area contributed by atoms with Crippen LogP contribution in [0.1, 0.15) is 12.8 Å². The van der Waals surface area contributed by atoms with E-state index in [1.807, 2.05) is 0 Å². The quantitative estimate of drug-likeness (QED) is 0.670. The zero-order valence-corrected chi connectivity index (χ0v) is 9.27. The third-order valence-corrected chi connectivity index (χ3v) is 0.553. The minimum Gasteiger partial charge on any atom is -0.481 e. The van der Waals surface area contributed by atoms with Crippen LogP contribution in [0.3, 0.4) is 0 Å². The molecule has 0 aromatic rings. The van der Waals surface area contributed by atoms with Gasteiger partial charge in [-0.05, 0) is 0 Å². The fourth-order valence-electron chi connectivity index (χ4n) is 0.214. The molecule has 0 rings (SSSR count). The summed E-state index contributed by atoms with van der Waals surface area (Å²) in [6.07, 6.45) is -0.593. The van der Waals surface area contributed by atoms with Gasteiger partial charge in [-0.2, -0.15) is 0 Å². The van der Waals surface area contributed by atoms with E-state index in [1.165, 1.54) is 0 Å². The van der Waals surface area contributed by atoms with Crippen molar-refractivity contribution < 1.29 is 19.8 Å². The summed E-state index contributed by atoms with van der Waals surface area (Å²) in [5, 5.41) is 15.8. The number of hydrogen-bond donors (Lipinski definition) is 2. The molecule has 0 unspecified atom stereocenters. The van der Waals surface area contributed by atoms with Gasteiger partial charge in [-0.15, -0.1) is 0 Å². The molecule has 2 radical (unpaired) electrons. The van der Waals surface area contributed by atoms with Gasteiger partial charge in [-0.1, -0.05) is 0 Å². The van der Waals surface area contributed by atoms with E-state index in [2.05, 4.69) is 0 Å². The van der Waals surface area contributed by atoms with Crippen LogP contribution in [0.4, 0.5) is 0 Å². The van der Waals surface area contributed by atoms with E-state index in [4.69, 9.17) is 10.2 Å². The van der Waals surface area contributed by atoms with Crippen molar-refractivity contribution in [3.05, 3.63) is 0 Å². The van der Waals surface area contributed by atoms with E-state index in [0.717, 1.165) is 0 Å². The minimum absolute atomic E-state index is 0. The van der Waals surface area contributed by atoms with E-state index in [-0.39, 0.29) is 61.7 Å². The number of carboxylic acids is 2. The Morgan fingerprint density at radius 2 is 1.22 bits per heavy atom. The Morgan fingerprint density at radius 1 is 1.00 bits per heavy atom. The standard InChI is InChI=1S/C4H6O4.Ba/c5-3(6)1-2-4(7)8;/h1-2H2,(H,5,6)(H,7,8);. The minimum atomic E-state index is -1.08. The predicted octanol–water partition coefficient (Wildman–Crippen LogP) is -0.445. The summed E-state index contributed by atoms with van der Waals surface area (Å²) < 4.78 is 0. The topological polar surface area (TPSA) is 74.6 Å². The zero-order valence-electron chi connectivity index (χ0n) is 4.83. The molecule has 0 aliphatic carbocycles. The molecule has 0 aliphatic rings. The van der Waals surface area contributed by atoms with E-state index in [9.17, 15) is 9.59 Å². The molecule has 0 spiro atoms. The molecule has 0 aromatic heterocycles. The summed E-state index contributed by atoms with van der Waals surface area (Å²) in [5.74, 6) is -2.15. The average molecular weight is 255 g/mol. The third-order valence-electron chi connectivity index (χ3n) is 0.553. The Bertz CT molecular complexity index is 97.1. The number of hydrogen-bond acceptors (Lipinski definition) is 2. The van der Waals surface area contributed by atoms with Crippen molar-refractivity contribution in [2.24, 2.45) is 0 Å². The molecule has 0 atom stereocenters. The smallest absolute Gasteiger partial charge is 0.303 e. The van der Waals surface area contributed by atoms with Gasteiger partial charge in [-0.3, -0.25) is 9.59 Å². The van der Waals surface area contributed by atoms with E-state index < -0.39 is 11.9 Å². The molecule has 0 aliphatic heterocycles. The van der Waals surface area contributed by atoms with Crippen molar-refractivity contribution in [3.8, 4) is 0 Å². The van der Waals surface area contributed by atoms with Crippen LogP contribution in [0.2, 0.25) is 0 Å². The van der Waals surface area contributed by atoms with Crippen molar-refractivity contribution in [2.75, 3.05) is 0 Å². The van der Waals surface area contributed by atoms with E-state index >= 15 is 0 Å². The van der Waals surface area contributed by atoms with Crippen LogP contribution in [0.5, 0.6) is 0 Å². The molecular formula is C4H6BaO4. The summed E-state index contributed by atoms with van der Waals surface area (Å²) in [6.45, 7) is 0. The first kappa shape index (κ1) is 12.2. The van der Waals surface area contributed by atoms with Gasteiger partial charge in [0.2, 0.25) is 0 Å². The van der Waals surface area contributed by atoms with Gasteiger partial charge in [0, 0.05) is 48.9 Å². The molecule has 0 fully saturated rings. The van der Waals surface area contributed by atoms with Gasteiger partial charge in [0.25, 0.3) is 0 Å². The van der Waals surface area contributed by atoms with Gasteiger partial charge >= 0.3 is 11.9 Å². The van der Waals surface area contributed by atoms with Crippen LogP contribution in [-0.2, 0) is 9.59 Å². The fourth-order valence-corrected chi connectivity index (χ4v) is 0.214. The zero-order chi connectivity index (χ0) is 6.57. The first-order valence-electron chi connectivity index (χ1n) is 2.06.